The molecule has 1 aromatic rings. The summed E-state index contributed by atoms with van der Waals surface area (Å²) >= 11 is 0. The van der Waals surface area contributed by atoms with E-state index in [0.717, 1.165) is 19.3 Å². The van der Waals surface area contributed by atoms with E-state index in [1.54, 1.807) is 26.0 Å². The van der Waals surface area contributed by atoms with E-state index in [4.69, 9.17) is 5.73 Å². The van der Waals surface area contributed by atoms with Gasteiger partial charge in [0.15, 0.2) is 0 Å². The van der Waals surface area contributed by atoms with E-state index in [9.17, 15) is 13.5 Å². The normalized spacial score (nSPS) is 16.4. The number of hydrogen-bond donors (Lipinski definition) is 2. The van der Waals surface area contributed by atoms with Crippen LogP contribution in [0.5, 0.6) is 0 Å². The van der Waals surface area contributed by atoms with E-state index < -0.39 is 10.0 Å². The Labute approximate surface area is 120 Å². The van der Waals surface area contributed by atoms with Crippen LogP contribution in [-0.2, 0) is 10.0 Å². The third-order valence-corrected chi connectivity index (χ3v) is 6.26. The van der Waals surface area contributed by atoms with E-state index >= 15 is 0 Å². The fraction of sp³-hybridized carbons (Fsp3) is 0.571. The van der Waals surface area contributed by atoms with Gasteiger partial charge in [-0.25, -0.2) is 8.42 Å². The number of nitrogens with two attached hydrogens (primary N) is 1. The van der Waals surface area contributed by atoms with Crippen molar-refractivity contribution < 1.29 is 13.5 Å². The molecule has 0 aliphatic heterocycles. The number of nitrogen functional groups attached to an aromatic ring is 1. The van der Waals surface area contributed by atoms with Gasteiger partial charge in [0.1, 0.15) is 0 Å². The molecule has 3 N–H and O–H groups in total. The molecule has 1 aromatic carbocycles. The second-order valence-electron chi connectivity index (χ2n) is 5.35. The minimum Gasteiger partial charge on any atom is -0.398 e. The highest BCUT2D eigenvalue weighted by Crippen LogP contribution is 2.33. The van der Waals surface area contributed by atoms with Gasteiger partial charge in [-0.2, -0.15) is 4.31 Å². The summed E-state index contributed by atoms with van der Waals surface area (Å²) in [4.78, 5) is 0.290. The Bertz CT molecular complexity index is 595. The molecule has 6 heteroatoms. The van der Waals surface area contributed by atoms with Crippen LogP contribution in [0.15, 0.2) is 17.0 Å². The highest BCUT2D eigenvalue weighted by atomic mass is 32.2. The van der Waals surface area contributed by atoms with Gasteiger partial charge < -0.3 is 10.8 Å². The first-order valence-corrected chi connectivity index (χ1v) is 8.32. The number of hydrogen-bond acceptors (Lipinski definition) is 4. The SMILES string of the molecule is Cc1ccc(N)c(C)c1S(=O)(=O)N(CCO)C1CCC1. The molecule has 0 atom stereocenters. The van der Waals surface area contributed by atoms with Gasteiger partial charge in [-0.3, -0.25) is 0 Å². The molecule has 0 amide bonds. The summed E-state index contributed by atoms with van der Waals surface area (Å²) in [6.07, 6.45) is 2.76. The zero-order valence-electron chi connectivity index (χ0n) is 12.0. The van der Waals surface area contributed by atoms with Gasteiger partial charge >= 0.3 is 0 Å². The van der Waals surface area contributed by atoms with Crippen molar-refractivity contribution in [2.45, 2.75) is 44.0 Å². The van der Waals surface area contributed by atoms with Crippen LogP contribution in [0.4, 0.5) is 5.69 Å². The summed E-state index contributed by atoms with van der Waals surface area (Å²) in [5.41, 5.74) is 7.61. The highest BCUT2D eigenvalue weighted by Gasteiger charge is 2.36. The summed E-state index contributed by atoms with van der Waals surface area (Å²) < 4.78 is 27.3. The van der Waals surface area contributed by atoms with Crippen LogP contribution in [0.25, 0.3) is 0 Å². The Kier molecular flexibility index (Phi) is 4.36. The highest BCUT2D eigenvalue weighted by molar-refractivity contribution is 7.89. The Balaban J connectivity index is 2.50. The van der Waals surface area contributed by atoms with Crippen molar-refractivity contribution in [3.63, 3.8) is 0 Å². The molecular formula is C14H22N2O3S. The van der Waals surface area contributed by atoms with Crippen LogP contribution in [0.3, 0.4) is 0 Å². The lowest BCUT2D eigenvalue weighted by atomic mass is 9.93. The molecule has 0 saturated heterocycles. The lowest BCUT2D eigenvalue weighted by molar-refractivity contribution is 0.178. The molecule has 112 valence electrons. The molecule has 0 aromatic heterocycles. The predicted molar refractivity (Wildman–Crippen MR) is 78.9 cm³/mol. The number of rotatable bonds is 5. The van der Waals surface area contributed by atoms with Crippen LogP contribution in [0.1, 0.15) is 30.4 Å². The largest absolute Gasteiger partial charge is 0.398 e. The minimum absolute atomic E-state index is 0.00683. The van der Waals surface area contributed by atoms with E-state index in [0.29, 0.717) is 16.8 Å². The molecular weight excluding hydrogens is 276 g/mol. The zero-order chi connectivity index (χ0) is 14.9. The van der Waals surface area contributed by atoms with Crippen molar-refractivity contribution in [2.24, 2.45) is 0 Å². The van der Waals surface area contributed by atoms with Crippen molar-refractivity contribution in [1.82, 2.24) is 4.31 Å². The minimum atomic E-state index is -3.61. The zero-order valence-corrected chi connectivity index (χ0v) is 12.8. The molecule has 2 rings (SSSR count). The van der Waals surface area contributed by atoms with Crippen LogP contribution < -0.4 is 5.73 Å². The summed E-state index contributed by atoms with van der Waals surface area (Å²) in [7, 11) is -3.61. The summed E-state index contributed by atoms with van der Waals surface area (Å²) in [5.74, 6) is 0. The number of aryl methyl sites for hydroxylation is 1. The molecule has 0 unspecified atom stereocenters. The van der Waals surface area contributed by atoms with Crippen molar-refractivity contribution >= 4 is 15.7 Å². The lowest BCUT2D eigenvalue weighted by Gasteiger charge is -2.36. The molecule has 1 aliphatic carbocycles. The third-order valence-electron chi connectivity index (χ3n) is 4.01. The number of nitrogens with zero attached hydrogens (tertiary/aromatic N) is 1. The summed E-state index contributed by atoms with van der Waals surface area (Å²) in [5, 5.41) is 9.18. The second-order valence-corrected chi connectivity index (χ2v) is 7.18. The van der Waals surface area contributed by atoms with Gasteiger partial charge in [0.2, 0.25) is 10.0 Å². The summed E-state index contributed by atoms with van der Waals surface area (Å²) in [6.45, 7) is 3.47. The molecule has 0 radical (unpaired) electrons. The first-order valence-electron chi connectivity index (χ1n) is 6.88. The maximum absolute atomic E-state index is 12.9. The Morgan fingerprint density at radius 3 is 2.50 bits per heavy atom. The molecule has 0 spiro atoms. The molecule has 1 saturated carbocycles. The molecule has 0 bridgehead atoms. The van der Waals surface area contributed by atoms with Crippen LogP contribution in [-0.4, -0.2) is 37.0 Å². The maximum atomic E-state index is 12.9. The number of benzene rings is 1. The Morgan fingerprint density at radius 1 is 1.35 bits per heavy atom. The number of sulfonamides is 1. The number of aliphatic hydroxyl groups is 1. The Morgan fingerprint density at radius 2 is 2.00 bits per heavy atom. The maximum Gasteiger partial charge on any atom is 0.244 e. The molecule has 1 aliphatic rings. The van der Waals surface area contributed by atoms with Crippen LogP contribution >= 0.6 is 0 Å². The predicted octanol–water partition coefficient (Wildman–Crippen LogP) is 1.42. The van der Waals surface area contributed by atoms with Crippen molar-refractivity contribution in [2.75, 3.05) is 18.9 Å². The second kappa shape index (κ2) is 5.71. The van der Waals surface area contributed by atoms with Crippen LogP contribution in [0, 0.1) is 13.8 Å². The molecule has 5 nitrogen and oxygen atoms in total. The molecule has 20 heavy (non-hydrogen) atoms. The first kappa shape index (κ1) is 15.3. The quantitative estimate of drug-likeness (QED) is 0.805. The average molecular weight is 298 g/mol. The first-order chi connectivity index (χ1) is 9.39. The topological polar surface area (TPSA) is 83.6 Å². The van der Waals surface area contributed by atoms with Gasteiger partial charge in [-0.1, -0.05) is 12.5 Å². The van der Waals surface area contributed by atoms with E-state index in [2.05, 4.69) is 0 Å². The van der Waals surface area contributed by atoms with Crippen LogP contribution in [0.2, 0.25) is 0 Å². The monoisotopic (exact) mass is 298 g/mol. The lowest BCUT2D eigenvalue weighted by Crippen LogP contribution is -2.45. The van der Waals surface area contributed by atoms with Gasteiger partial charge in [0.25, 0.3) is 0 Å². The van der Waals surface area contributed by atoms with Gasteiger partial charge in [0.05, 0.1) is 11.5 Å². The van der Waals surface area contributed by atoms with E-state index in [1.165, 1.54) is 4.31 Å². The van der Waals surface area contributed by atoms with E-state index in [-0.39, 0.29) is 24.1 Å². The fourth-order valence-electron chi connectivity index (χ4n) is 2.63. The molecule has 0 heterocycles. The average Bonchev–Trinajstić information content (AvgIpc) is 2.31. The van der Waals surface area contributed by atoms with Crippen molar-refractivity contribution in [1.29, 1.82) is 0 Å². The summed E-state index contributed by atoms with van der Waals surface area (Å²) in [6, 6.07) is 3.46. The van der Waals surface area contributed by atoms with Gasteiger partial charge in [0, 0.05) is 18.3 Å². The Hall–Kier alpha value is -1.11. The standard InChI is InChI=1S/C14H22N2O3S/c1-10-6-7-13(15)11(2)14(10)20(18,19)16(8-9-17)12-4-3-5-12/h6-7,12,17H,3-5,8-9,15H2,1-2H3. The molecule has 1 fully saturated rings. The third kappa shape index (κ3) is 2.55. The van der Waals surface area contributed by atoms with Gasteiger partial charge in [-0.15, -0.1) is 0 Å². The number of anilines is 1. The van der Waals surface area contributed by atoms with Gasteiger partial charge in [-0.05, 0) is 43.9 Å². The van der Waals surface area contributed by atoms with E-state index in [1.807, 2.05) is 0 Å². The smallest absolute Gasteiger partial charge is 0.244 e. The van der Waals surface area contributed by atoms with Crippen molar-refractivity contribution in [3.8, 4) is 0 Å². The number of aliphatic hydroxyl groups excluding tert-OH is 1. The van der Waals surface area contributed by atoms with Crippen molar-refractivity contribution in [3.05, 3.63) is 23.3 Å². The fourth-order valence-corrected chi connectivity index (χ4v) is 4.77.